The van der Waals surface area contributed by atoms with Gasteiger partial charge in [0.15, 0.2) is 3.95 Å². The van der Waals surface area contributed by atoms with Crippen molar-refractivity contribution in [3.05, 3.63) is 3.95 Å². The van der Waals surface area contributed by atoms with E-state index in [2.05, 4.69) is 10.2 Å². The van der Waals surface area contributed by atoms with Crippen molar-refractivity contribution >= 4 is 46.6 Å². The number of likely N-dealkylation sites (tertiary alicyclic amines) is 1. The quantitative estimate of drug-likeness (QED) is 0.690. The maximum atomic E-state index is 13.6. The molecule has 0 saturated carbocycles. The van der Waals surface area contributed by atoms with Crippen LogP contribution in [0.2, 0.25) is 0 Å². The van der Waals surface area contributed by atoms with Gasteiger partial charge in [-0.05, 0) is 51.2 Å². The van der Waals surface area contributed by atoms with Gasteiger partial charge in [-0.3, -0.25) is 24.5 Å². The van der Waals surface area contributed by atoms with Crippen LogP contribution in [0.5, 0.6) is 0 Å². The van der Waals surface area contributed by atoms with Gasteiger partial charge in [0, 0.05) is 6.54 Å². The van der Waals surface area contributed by atoms with Crippen molar-refractivity contribution in [3.63, 3.8) is 0 Å². The average Bonchev–Trinajstić information content (AvgIpc) is 3.17. The van der Waals surface area contributed by atoms with Gasteiger partial charge in [-0.15, -0.1) is 5.10 Å². The number of rotatable bonds is 4. The van der Waals surface area contributed by atoms with E-state index in [1.165, 1.54) is 9.80 Å². The van der Waals surface area contributed by atoms with Gasteiger partial charge < -0.3 is 10.5 Å². The molecule has 1 aromatic heterocycles. The molecule has 3 N–H and O–H groups in total. The summed E-state index contributed by atoms with van der Waals surface area (Å²) in [5.41, 5.74) is 4.34. The van der Waals surface area contributed by atoms with E-state index in [9.17, 15) is 14.4 Å². The monoisotopic (exact) mass is 443 g/mol. The summed E-state index contributed by atoms with van der Waals surface area (Å²) in [5, 5.41) is 6.99. The van der Waals surface area contributed by atoms with E-state index in [0.717, 1.165) is 11.3 Å². The lowest BCUT2D eigenvalue weighted by molar-refractivity contribution is -0.129. The number of ether oxygens (including phenoxy) is 1. The predicted molar refractivity (Wildman–Crippen MR) is 113 cm³/mol. The molecule has 0 aromatic carbocycles. The third kappa shape index (κ3) is 5.53. The van der Waals surface area contributed by atoms with Crippen LogP contribution in [0.3, 0.4) is 0 Å². The molecule has 0 radical (unpaired) electrons. The zero-order valence-corrected chi connectivity index (χ0v) is 19.3. The van der Waals surface area contributed by atoms with E-state index in [1.54, 1.807) is 20.8 Å². The van der Waals surface area contributed by atoms with Gasteiger partial charge in [-0.25, -0.2) is 4.79 Å². The second-order valence-corrected chi connectivity index (χ2v) is 10.8. The lowest BCUT2D eigenvalue weighted by Gasteiger charge is -2.38. The van der Waals surface area contributed by atoms with Gasteiger partial charge in [0.05, 0.1) is 0 Å². The van der Waals surface area contributed by atoms with Crippen molar-refractivity contribution in [1.29, 1.82) is 0 Å². The number of anilines is 1. The summed E-state index contributed by atoms with van der Waals surface area (Å²) in [6.07, 6.45) is 0.547. The van der Waals surface area contributed by atoms with Crippen molar-refractivity contribution in [2.75, 3.05) is 11.4 Å². The van der Waals surface area contributed by atoms with E-state index in [4.69, 9.17) is 22.7 Å². The Kier molecular flexibility index (Phi) is 6.73. The Balaban J connectivity index is 2.45. The molecule has 29 heavy (non-hydrogen) atoms. The number of hydrogen-bond donors (Lipinski definition) is 2. The lowest BCUT2D eigenvalue weighted by Crippen LogP contribution is -2.59. The summed E-state index contributed by atoms with van der Waals surface area (Å²) < 4.78 is 5.82. The first kappa shape index (κ1) is 23.3. The third-order valence-corrected chi connectivity index (χ3v) is 5.47. The molecule has 162 valence electrons. The molecule has 2 heterocycles. The number of aromatic amines is 1. The second kappa shape index (κ2) is 8.39. The lowest BCUT2D eigenvalue weighted by atomic mass is 9.85. The van der Waals surface area contributed by atoms with Gasteiger partial charge >= 0.3 is 6.09 Å². The highest BCUT2D eigenvalue weighted by atomic mass is 32.1. The molecule has 0 unspecified atom stereocenters. The predicted octanol–water partition coefficient (Wildman–Crippen LogP) is 2.83. The van der Waals surface area contributed by atoms with Gasteiger partial charge in [0.1, 0.15) is 17.7 Å². The maximum Gasteiger partial charge on any atom is 0.410 e. The number of hydrogen-bond acceptors (Lipinski definition) is 7. The minimum atomic E-state index is -0.968. The summed E-state index contributed by atoms with van der Waals surface area (Å²) in [6, 6.07) is -1.74. The van der Waals surface area contributed by atoms with Gasteiger partial charge in [0.25, 0.3) is 5.91 Å². The molecule has 2 rings (SSSR count). The van der Waals surface area contributed by atoms with Crippen molar-refractivity contribution < 1.29 is 19.1 Å². The molecule has 0 bridgehead atoms. The molecule has 0 aliphatic carbocycles. The Bertz CT molecular complexity index is 836. The van der Waals surface area contributed by atoms with Crippen LogP contribution in [-0.4, -0.2) is 57.2 Å². The molecule has 0 spiro atoms. The number of carbonyl (C=O) groups is 3. The van der Waals surface area contributed by atoms with Crippen molar-refractivity contribution in [2.45, 2.75) is 72.1 Å². The van der Waals surface area contributed by atoms with Crippen LogP contribution in [0.15, 0.2) is 0 Å². The zero-order valence-electron chi connectivity index (χ0n) is 17.6. The minimum absolute atomic E-state index is 0.245. The van der Waals surface area contributed by atoms with Crippen LogP contribution in [-0.2, 0) is 14.3 Å². The highest BCUT2D eigenvalue weighted by Crippen LogP contribution is 2.33. The molecule has 1 aliphatic rings. The number of nitrogens with zero attached hydrogens (tertiary/aromatic N) is 3. The number of nitrogens with two attached hydrogens (primary N) is 1. The molecular weight excluding hydrogens is 414 g/mol. The van der Waals surface area contributed by atoms with Crippen LogP contribution in [0.1, 0.15) is 54.4 Å². The van der Waals surface area contributed by atoms with Gasteiger partial charge in [-0.2, -0.15) is 0 Å². The van der Waals surface area contributed by atoms with E-state index >= 15 is 0 Å². The smallest absolute Gasteiger partial charge is 0.410 e. The number of primary amides is 1. The molecule has 9 nitrogen and oxygen atoms in total. The molecule has 1 aliphatic heterocycles. The van der Waals surface area contributed by atoms with E-state index < -0.39 is 41.0 Å². The number of H-pyrrole nitrogens is 1. The molecular formula is C18H29N5O4S2. The van der Waals surface area contributed by atoms with Gasteiger partial charge in [-0.1, -0.05) is 32.1 Å². The highest BCUT2D eigenvalue weighted by molar-refractivity contribution is 7.73. The normalized spacial score (nSPS) is 18.4. The first-order chi connectivity index (χ1) is 13.2. The Morgan fingerprint density at radius 2 is 1.93 bits per heavy atom. The fourth-order valence-corrected chi connectivity index (χ4v) is 4.23. The summed E-state index contributed by atoms with van der Waals surface area (Å²) in [4.78, 5) is 41.3. The molecule has 1 saturated heterocycles. The summed E-state index contributed by atoms with van der Waals surface area (Å²) in [5.74, 6) is -1.08. The number of carbonyl (C=O) groups excluding carboxylic acids is 3. The first-order valence-corrected chi connectivity index (χ1v) is 10.6. The number of aromatic nitrogens is 2. The van der Waals surface area contributed by atoms with Crippen LogP contribution < -0.4 is 10.6 Å². The van der Waals surface area contributed by atoms with Gasteiger partial charge in [0.2, 0.25) is 11.0 Å². The topological polar surface area (TPSA) is 122 Å². The van der Waals surface area contributed by atoms with E-state index in [1.807, 2.05) is 20.8 Å². The molecule has 2 atom stereocenters. The zero-order chi connectivity index (χ0) is 22.1. The molecule has 1 aromatic rings. The number of amides is 3. The van der Waals surface area contributed by atoms with E-state index in [0.29, 0.717) is 23.3 Å². The van der Waals surface area contributed by atoms with Crippen LogP contribution in [0, 0.1) is 9.37 Å². The molecule has 11 heteroatoms. The molecule has 1 fully saturated rings. The Morgan fingerprint density at radius 3 is 2.38 bits per heavy atom. The SMILES string of the molecule is CC(C)(C)OC(=O)N1CCC[C@H]1C(=O)N(c1n[nH]c(=S)s1)[C@H](C(N)=O)C(C)(C)C. The summed E-state index contributed by atoms with van der Waals surface area (Å²) in [7, 11) is 0. The fraction of sp³-hybridized carbons (Fsp3) is 0.722. The average molecular weight is 444 g/mol. The maximum absolute atomic E-state index is 13.6. The molecule has 3 amide bonds. The summed E-state index contributed by atoms with van der Waals surface area (Å²) in [6.45, 7) is 11.1. The second-order valence-electron chi connectivity index (χ2n) is 9.11. The minimum Gasteiger partial charge on any atom is -0.444 e. The Morgan fingerprint density at radius 1 is 1.31 bits per heavy atom. The standard InChI is InChI=1S/C18H29N5O4S2/c1-17(2,3)11(12(19)24)23(14-20-21-15(28)29-14)13(25)10-8-7-9-22(10)16(26)27-18(4,5)6/h10-11H,7-9H2,1-6H3,(H2,19,24)(H,21,28)/t10-,11+/m0/s1. The Labute approximate surface area is 179 Å². The van der Waals surface area contributed by atoms with E-state index in [-0.39, 0.29) is 5.13 Å². The van der Waals surface area contributed by atoms with Crippen LogP contribution >= 0.6 is 23.6 Å². The van der Waals surface area contributed by atoms with Crippen LogP contribution in [0.4, 0.5) is 9.93 Å². The summed E-state index contributed by atoms with van der Waals surface area (Å²) >= 11 is 6.18. The van der Waals surface area contributed by atoms with Crippen molar-refractivity contribution in [1.82, 2.24) is 15.1 Å². The third-order valence-electron chi connectivity index (χ3n) is 4.38. The first-order valence-electron chi connectivity index (χ1n) is 9.40. The highest BCUT2D eigenvalue weighted by Gasteiger charge is 2.46. The van der Waals surface area contributed by atoms with Crippen LogP contribution in [0.25, 0.3) is 0 Å². The fourth-order valence-electron chi connectivity index (χ4n) is 3.32. The largest absolute Gasteiger partial charge is 0.444 e. The Hall–Kier alpha value is -2.01. The van der Waals surface area contributed by atoms with Crippen molar-refractivity contribution in [2.24, 2.45) is 11.1 Å². The van der Waals surface area contributed by atoms with Crippen molar-refractivity contribution in [3.8, 4) is 0 Å². The number of nitrogens with one attached hydrogen (secondary N) is 1.